The topological polar surface area (TPSA) is 79.3 Å². The number of methoxy groups -OCH3 is 1. The summed E-state index contributed by atoms with van der Waals surface area (Å²) in [6, 6.07) is 25.6. The molecule has 0 aliphatic heterocycles. The second-order valence-electron chi connectivity index (χ2n) is 8.02. The maximum absolute atomic E-state index is 9.17. The number of aliphatic hydroxyl groups excluding tert-OH is 1. The standard InChI is InChI=1S/C17H18O3.C16H14NO3.Pt/c1-4-19-15-9-10-16(17(12-15)20-5-2)13-7-6-8-14(11-13)18-3;1-3-19-13-5-6-14(16(10-13)20-4-2)15-9-12(11-18)7-8-17-15;/h6,8-9,11-12H,4-5H2,1-3H3;2,5,7-10,18H,3,11H2,1H3;/q-2;-1;. The van der Waals surface area contributed by atoms with Crippen LogP contribution in [-0.2, 0) is 27.7 Å². The Hall–Kier alpha value is -3.98. The van der Waals surface area contributed by atoms with E-state index >= 15 is 0 Å². The van der Waals surface area contributed by atoms with Crippen molar-refractivity contribution in [3.05, 3.63) is 84.6 Å². The summed E-state index contributed by atoms with van der Waals surface area (Å²) < 4.78 is 27.0. The van der Waals surface area contributed by atoms with E-state index in [1.54, 1.807) is 37.6 Å². The van der Waals surface area contributed by atoms with E-state index in [4.69, 9.17) is 30.1 Å². The van der Waals surface area contributed by atoms with Crippen LogP contribution in [0.25, 0.3) is 22.4 Å². The van der Waals surface area contributed by atoms with Crippen molar-refractivity contribution in [2.45, 2.75) is 27.4 Å². The SMILES string of the molecule is C#COc1cc(OCC)c[c-]c1-c1cc(CO)ccn1.CCOc1c[c-]c(-c2[c-]ccc(OC)c2)c(OCC)c1.[Pt]. The minimum absolute atomic E-state index is 0. The average Bonchev–Trinajstić information content (AvgIpc) is 2.98. The fourth-order valence-corrected chi connectivity index (χ4v) is 3.67. The van der Waals surface area contributed by atoms with Crippen molar-refractivity contribution in [1.82, 2.24) is 4.98 Å². The van der Waals surface area contributed by atoms with E-state index in [2.05, 4.69) is 29.3 Å². The van der Waals surface area contributed by atoms with Crippen LogP contribution in [0.2, 0.25) is 0 Å². The molecule has 7 nitrogen and oxygen atoms in total. The van der Waals surface area contributed by atoms with Gasteiger partial charge in [-0.1, -0.05) is 30.2 Å². The number of aromatic nitrogens is 1. The van der Waals surface area contributed by atoms with Gasteiger partial charge in [-0.2, -0.15) is 23.8 Å². The molecule has 0 aliphatic rings. The summed E-state index contributed by atoms with van der Waals surface area (Å²) in [5.41, 5.74) is 3.75. The zero-order valence-electron chi connectivity index (χ0n) is 23.4. The summed E-state index contributed by atoms with van der Waals surface area (Å²) >= 11 is 0. The van der Waals surface area contributed by atoms with Gasteiger partial charge >= 0.3 is 0 Å². The normalized spacial score (nSPS) is 9.76. The van der Waals surface area contributed by atoms with E-state index in [0.29, 0.717) is 42.6 Å². The summed E-state index contributed by atoms with van der Waals surface area (Å²) in [5, 5.41) is 9.17. The minimum atomic E-state index is -0.0577. The molecule has 1 N–H and O–H groups in total. The number of rotatable bonds is 11. The van der Waals surface area contributed by atoms with E-state index in [9.17, 15) is 5.11 Å². The molecule has 218 valence electrons. The van der Waals surface area contributed by atoms with Crippen molar-refractivity contribution >= 4 is 0 Å². The van der Waals surface area contributed by atoms with Gasteiger partial charge in [-0.3, -0.25) is 0 Å². The molecule has 1 heterocycles. The molecule has 0 unspecified atom stereocenters. The van der Waals surface area contributed by atoms with Crippen LogP contribution < -0.4 is 23.7 Å². The smallest absolute Gasteiger partial charge is 0.102 e. The Balaban J connectivity index is 0.000000280. The van der Waals surface area contributed by atoms with Gasteiger partial charge in [-0.15, -0.1) is 30.3 Å². The zero-order chi connectivity index (χ0) is 28.7. The predicted molar refractivity (Wildman–Crippen MR) is 154 cm³/mol. The number of pyridine rings is 1. The van der Waals surface area contributed by atoms with Gasteiger partial charge in [0.25, 0.3) is 0 Å². The third kappa shape index (κ3) is 9.56. The molecule has 0 spiro atoms. The van der Waals surface area contributed by atoms with Crippen LogP contribution >= 0.6 is 0 Å². The third-order valence-corrected chi connectivity index (χ3v) is 5.39. The fraction of sp³-hybridized carbons (Fsp3) is 0.242. The largest absolute Gasteiger partial charge is 0.547 e. The third-order valence-electron chi connectivity index (χ3n) is 5.39. The first kappa shape index (κ1) is 33.2. The molecule has 0 fully saturated rings. The van der Waals surface area contributed by atoms with Crippen molar-refractivity contribution in [1.29, 1.82) is 0 Å². The molecular weight excluding hydrogens is 701 g/mol. The van der Waals surface area contributed by atoms with E-state index < -0.39 is 0 Å². The Morgan fingerprint density at radius 2 is 1.49 bits per heavy atom. The summed E-state index contributed by atoms with van der Waals surface area (Å²) in [4.78, 5) is 4.24. The van der Waals surface area contributed by atoms with Crippen molar-refractivity contribution in [2.75, 3.05) is 26.9 Å². The molecule has 4 rings (SSSR count). The number of ether oxygens (including phenoxy) is 5. The average molecular weight is 734 g/mol. The van der Waals surface area contributed by atoms with Crippen molar-refractivity contribution in [3.8, 4) is 63.7 Å². The minimum Gasteiger partial charge on any atom is -0.547 e. The monoisotopic (exact) mass is 733 g/mol. The van der Waals surface area contributed by atoms with Crippen LogP contribution in [0.3, 0.4) is 0 Å². The van der Waals surface area contributed by atoms with Crippen LogP contribution in [0.4, 0.5) is 0 Å². The zero-order valence-corrected chi connectivity index (χ0v) is 25.7. The number of nitrogens with zero attached hydrogens (tertiary/aromatic N) is 1. The molecule has 0 saturated heterocycles. The second kappa shape index (κ2) is 17.7. The van der Waals surface area contributed by atoms with Gasteiger partial charge in [0.15, 0.2) is 0 Å². The van der Waals surface area contributed by atoms with E-state index in [0.717, 1.165) is 33.9 Å². The Labute approximate surface area is 256 Å². The number of benzene rings is 3. The molecule has 8 heteroatoms. The Kier molecular flexibility index (Phi) is 14.3. The maximum atomic E-state index is 9.17. The summed E-state index contributed by atoms with van der Waals surface area (Å²) in [6.45, 7) is 7.47. The van der Waals surface area contributed by atoms with Crippen LogP contribution in [0.1, 0.15) is 26.3 Å². The molecule has 0 radical (unpaired) electrons. The number of hydrogen-bond acceptors (Lipinski definition) is 7. The van der Waals surface area contributed by atoms with Gasteiger partial charge in [0.05, 0.1) is 39.3 Å². The van der Waals surface area contributed by atoms with E-state index in [1.165, 1.54) is 0 Å². The first-order valence-corrected chi connectivity index (χ1v) is 12.8. The number of aliphatic hydroxyl groups is 1. The summed E-state index contributed by atoms with van der Waals surface area (Å²) in [6.07, 6.45) is 8.96. The van der Waals surface area contributed by atoms with Gasteiger partial charge in [-0.05, 0) is 43.8 Å². The van der Waals surface area contributed by atoms with Gasteiger partial charge in [-0.25, -0.2) is 5.56 Å². The Morgan fingerprint density at radius 3 is 2.10 bits per heavy atom. The molecule has 1 aromatic heterocycles. The summed E-state index contributed by atoms with van der Waals surface area (Å²) in [5.74, 6) is 3.34. The van der Waals surface area contributed by atoms with Gasteiger partial charge in [0.2, 0.25) is 0 Å². The first-order valence-electron chi connectivity index (χ1n) is 12.8. The molecule has 0 aliphatic carbocycles. The maximum Gasteiger partial charge on any atom is 0.102 e. The van der Waals surface area contributed by atoms with Crippen LogP contribution in [-0.4, -0.2) is 37.0 Å². The van der Waals surface area contributed by atoms with E-state index in [-0.39, 0.29) is 27.7 Å². The molecule has 41 heavy (non-hydrogen) atoms. The molecule has 0 atom stereocenters. The quantitative estimate of drug-likeness (QED) is 0.146. The molecule has 0 saturated carbocycles. The van der Waals surface area contributed by atoms with Gasteiger partial charge in [0, 0.05) is 44.5 Å². The van der Waals surface area contributed by atoms with Crippen LogP contribution in [0.15, 0.2) is 60.8 Å². The molecule has 3 aromatic carbocycles. The first-order chi connectivity index (χ1) is 19.6. The van der Waals surface area contributed by atoms with E-state index in [1.807, 2.05) is 51.1 Å². The molecule has 4 aromatic rings. The van der Waals surface area contributed by atoms with Gasteiger partial charge in [0.1, 0.15) is 6.11 Å². The fourth-order valence-electron chi connectivity index (χ4n) is 3.67. The molecular formula is C33H32NO6Pt-3. The van der Waals surface area contributed by atoms with Crippen molar-refractivity contribution < 1.29 is 49.9 Å². The predicted octanol–water partition coefficient (Wildman–Crippen LogP) is 6.17. The van der Waals surface area contributed by atoms with Crippen LogP contribution in [0.5, 0.6) is 28.7 Å². The van der Waals surface area contributed by atoms with Crippen molar-refractivity contribution in [2.24, 2.45) is 0 Å². The van der Waals surface area contributed by atoms with Crippen molar-refractivity contribution in [3.63, 3.8) is 0 Å². The number of terminal acetylenes is 1. The Morgan fingerprint density at radius 1 is 0.829 bits per heavy atom. The van der Waals surface area contributed by atoms with Gasteiger partial charge < -0.3 is 33.8 Å². The van der Waals surface area contributed by atoms with Crippen LogP contribution in [0, 0.1) is 30.7 Å². The summed E-state index contributed by atoms with van der Waals surface area (Å²) in [7, 11) is 1.64. The number of hydrogen-bond donors (Lipinski definition) is 1. The Bertz CT molecular complexity index is 1420. The second-order valence-corrected chi connectivity index (χ2v) is 8.02. The molecule has 0 bridgehead atoms. The molecule has 0 amide bonds.